The molecule has 1 aliphatic rings. The summed E-state index contributed by atoms with van der Waals surface area (Å²) in [5.41, 5.74) is 0. The maximum atomic E-state index is 5.82. The molecule has 2 unspecified atom stereocenters. The zero-order chi connectivity index (χ0) is 10.7. The van der Waals surface area contributed by atoms with Gasteiger partial charge in [0.25, 0.3) is 0 Å². The second-order valence-electron chi connectivity index (χ2n) is 4.36. The Labute approximate surface area is 95.0 Å². The summed E-state index contributed by atoms with van der Waals surface area (Å²) in [6, 6.07) is 0.441. The maximum Gasteiger partial charge on any atom is 0.166 e. The second-order valence-corrected chi connectivity index (χ2v) is 4.62. The van der Waals surface area contributed by atoms with E-state index in [1.807, 2.05) is 4.68 Å². The number of halogens is 1. The van der Waals surface area contributed by atoms with Gasteiger partial charge in [-0.15, -0.1) is 16.7 Å². The smallest absolute Gasteiger partial charge is 0.166 e. The molecule has 1 aliphatic carbocycles. The number of alkyl halides is 1. The van der Waals surface area contributed by atoms with Gasteiger partial charge in [0.15, 0.2) is 5.82 Å². The van der Waals surface area contributed by atoms with Crippen molar-refractivity contribution in [3.8, 4) is 0 Å². The first-order valence-corrected chi connectivity index (χ1v) is 6.19. The molecule has 2 rings (SSSR count). The molecule has 0 spiro atoms. The molecule has 5 heteroatoms. The first-order valence-electron chi connectivity index (χ1n) is 5.65. The zero-order valence-electron chi connectivity index (χ0n) is 9.06. The molecule has 0 amide bonds. The summed E-state index contributed by atoms with van der Waals surface area (Å²) >= 11 is 5.82. The Balaban J connectivity index is 2.19. The summed E-state index contributed by atoms with van der Waals surface area (Å²) in [6.07, 6.45) is 6.38. The van der Waals surface area contributed by atoms with Gasteiger partial charge in [-0.3, -0.25) is 0 Å². The van der Waals surface area contributed by atoms with Crippen LogP contribution in [0, 0.1) is 5.92 Å². The minimum absolute atomic E-state index is 0.399. The molecule has 0 bridgehead atoms. The molecule has 1 fully saturated rings. The predicted octanol–water partition coefficient (Wildman–Crippen LogP) is 2.55. The normalized spacial score (nSPS) is 27.6. The van der Waals surface area contributed by atoms with Crippen molar-refractivity contribution in [3.63, 3.8) is 0 Å². The largest absolute Gasteiger partial charge is 0.225 e. The zero-order valence-corrected chi connectivity index (χ0v) is 9.82. The van der Waals surface area contributed by atoms with Crippen molar-refractivity contribution in [1.82, 2.24) is 20.2 Å². The minimum Gasteiger partial charge on any atom is -0.225 e. The van der Waals surface area contributed by atoms with Crippen LogP contribution in [0.4, 0.5) is 0 Å². The van der Waals surface area contributed by atoms with Gasteiger partial charge in [0.05, 0.1) is 11.9 Å². The third-order valence-electron chi connectivity index (χ3n) is 3.31. The van der Waals surface area contributed by atoms with E-state index in [-0.39, 0.29) is 0 Å². The van der Waals surface area contributed by atoms with Crippen molar-refractivity contribution in [1.29, 1.82) is 0 Å². The van der Waals surface area contributed by atoms with E-state index in [2.05, 4.69) is 22.4 Å². The molecular weight excluding hydrogens is 212 g/mol. The molecule has 84 valence electrons. The average Bonchev–Trinajstić information content (AvgIpc) is 2.61. The van der Waals surface area contributed by atoms with E-state index in [9.17, 15) is 0 Å². The van der Waals surface area contributed by atoms with Gasteiger partial charge in [-0.1, -0.05) is 26.2 Å². The Morgan fingerprint density at radius 2 is 2.13 bits per heavy atom. The lowest BCUT2D eigenvalue weighted by Gasteiger charge is -2.21. The molecule has 2 atom stereocenters. The standard InChI is InChI=1S/C10H17ClN4/c1-8-5-3-2-4-6-9(8)15-10(7-11)12-13-14-15/h8-9H,2-7H2,1H3. The second kappa shape index (κ2) is 4.92. The van der Waals surface area contributed by atoms with Crippen LogP contribution in [0.2, 0.25) is 0 Å². The van der Waals surface area contributed by atoms with Crippen molar-refractivity contribution >= 4 is 11.6 Å². The highest BCUT2D eigenvalue weighted by molar-refractivity contribution is 6.16. The highest BCUT2D eigenvalue weighted by atomic mass is 35.5. The number of rotatable bonds is 2. The lowest BCUT2D eigenvalue weighted by molar-refractivity contribution is 0.298. The Hall–Kier alpha value is -0.640. The Kier molecular flexibility index (Phi) is 3.57. The Bertz CT molecular complexity index is 312. The minimum atomic E-state index is 0.399. The molecule has 15 heavy (non-hydrogen) atoms. The van der Waals surface area contributed by atoms with Crippen LogP contribution in [0.1, 0.15) is 50.9 Å². The SMILES string of the molecule is CC1CCCCCC1n1nnnc1CCl. The summed E-state index contributed by atoms with van der Waals surface area (Å²) in [4.78, 5) is 0. The Morgan fingerprint density at radius 3 is 2.93 bits per heavy atom. The van der Waals surface area contributed by atoms with Crippen LogP contribution in [-0.4, -0.2) is 20.2 Å². The summed E-state index contributed by atoms with van der Waals surface area (Å²) in [7, 11) is 0. The molecule has 0 saturated heterocycles. The van der Waals surface area contributed by atoms with Crippen LogP contribution < -0.4 is 0 Å². The molecule has 1 aromatic heterocycles. The molecule has 0 aliphatic heterocycles. The Morgan fingerprint density at radius 1 is 1.33 bits per heavy atom. The summed E-state index contributed by atoms with van der Waals surface area (Å²) in [5, 5.41) is 11.7. The summed E-state index contributed by atoms with van der Waals surface area (Å²) in [5.74, 6) is 1.85. The first kappa shape index (κ1) is 10.9. The van der Waals surface area contributed by atoms with Crippen LogP contribution in [0.15, 0.2) is 0 Å². The summed E-state index contributed by atoms with van der Waals surface area (Å²) < 4.78 is 1.93. The molecular formula is C10H17ClN4. The fourth-order valence-electron chi connectivity index (χ4n) is 2.39. The quantitative estimate of drug-likeness (QED) is 0.577. The van der Waals surface area contributed by atoms with Gasteiger partial charge in [-0.05, 0) is 29.2 Å². The van der Waals surface area contributed by atoms with Gasteiger partial charge >= 0.3 is 0 Å². The van der Waals surface area contributed by atoms with Crippen molar-refractivity contribution in [2.24, 2.45) is 5.92 Å². The maximum absolute atomic E-state index is 5.82. The molecule has 0 radical (unpaired) electrons. The van der Waals surface area contributed by atoms with Gasteiger partial charge in [0.2, 0.25) is 0 Å². The van der Waals surface area contributed by atoms with E-state index in [1.54, 1.807) is 0 Å². The average molecular weight is 229 g/mol. The van der Waals surface area contributed by atoms with Gasteiger partial charge in [0.1, 0.15) is 0 Å². The number of aromatic nitrogens is 4. The van der Waals surface area contributed by atoms with Crippen LogP contribution in [-0.2, 0) is 5.88 Å². The van der Waals surface area contributed by atoms with E-state index in [0.717, 1.165) is 5.82 Å². The third kappa shape index (κ3) is 2.30. The fourth-order valence-corrected chi connectivity index (χ4v) is 2.57. The monoisotopic (exact) mass is 228 g/mol. The summed E-state index contributed by atoms with van der Waals surface area (Å²) in [6.45, 7) is 2.29. The van der Waals surface area contributed by atoms with Crippen molar-refractivity contribution in [2.75, 3.05) is 0 Å². The topological polar surface area (TPSA) is 43.6 Å². The van der Waals surface area contributed by atoms with E-state index < -0.39 is 0 Å². The van der Waals surface area contributed by atoms with Crippen LogP contribution >= 0.6 is 11.6 Å². The number of tetrazole rings is 1. The molecule has 1 saturated carbocycles. The molecule has 1 aromatic rings. The van der Waals surface area contributed by atoms with Gasteiger partial charge in [0, 0.05) is 0 Å². The lowest BCUT2D eigenvalue weighted by atomic mass is 9.97. The van der Waals surface area contributed by atoms with E-state index in [1.165, 1.54) is 32.1 Å². The van der Waals surface area contributed by atoms with Crippen molar-refractivity contribution in [3.05, 3.63) is 5.82 Å². The van der Waals surface area contributed by atoms with E-state index in [0.29, 0.717) is 17.8 Å². The van der Waals surface area contributed by atoms with Crippen molar-refractivity contribution in [2.45, 2.75) is 50.9 Å². The number of nitrogens with zero attached hydrogens (tertiary/aromatic N) is 4. The predicted molar refractivity (Wildman–Crippen MR) is 58.7 cm³/mol. The number of hydrogen-bond acceptors (Lipinski definition) is 3. The van der Waals surface area contributed by atoms with Crippen molar-refractivity contribution < 1.29 is 0 Å². The van der Waals surface area contributed by atoms with Gasteiger partial charge in [-0.2, -0.15) is 0 Å². The van der Waals surface area contributed by atoms with Gasteiger partial charge < -0.3 is 0 Å². The van der Waals surface area contributed by atoms with E-state index >= 15 is 0 Å². The fraction of sp³-hybridized carbons (Fsp3) is 0.900. The van der Waals surface area contributed by atoms with Gasteiger partial charge in [-0.25, -0.2) is 4.68 Å². The molecule has 0 N–H and O–H groups in total. The molecule has 1 heterocycles. The van der Waals surface area contributed by atoms with Crippen LogP contribution in [0.3, 0.4) is 0 Å². The third-order valence-corrected chi connectivity index (χ3v) is 3.55. The highest BCUT2D eigenvalue weighted by Gasteiger charge is 2.24. The van der Waals surface area contributed by atoms with E-state index in [4.69, 9.17) is 11.6 Å². The molecule has 0 aromatic carbocycles. The molecule has 4 nitrogen and oxygen atoms in total. The first-order chi connectivity index (χ1) is 7.33. The van der Waals surface area contributed by atoms with Crippen LogP contribution in [0.5, 0.6) is 0 Å². The number of hydrogen-bond donors (Lipinski definition) is 0. The highest BCUT2D eigenvalue weighted by Crippen LogP contribution is 2.32. The van der Waals surface area contributed by atoms with Crippen LogP contribution in [0.25, 0.3) is 0 Å². The lowest BCUT2D eigenvalue weighted by Crippen LogP contribution is -2.19.